The van der Waals surface area contributed by atoms with Gasteiger partial charge in [0.15, 0.2) is 0 Å². The van der Waals surface area contributed by atoms with Crippen molar-refractivity contribution in [3.63, 3.8) is 0 Å². The number of hydrogen-bond acceptors (Lipinski definition) is 1. The normalized spacial score (nSPS) is 14.4. The lowest BCUT2D eigenvalue weighted by Gasteiger charge is -2.09. The summed E-state index contributed by atoms with van der Waals surface area (Å²) in [6.45, 7) is 3.29. The van der Waals surface area contributed by atoms with Crippen molar-refractivity contribution < 1.29 is 13.2 Å². The summed E-state index contributed by atoms with van der Waals surface area (Å²) in [5, 5.41) is 8.61. The van der Waals surface area contributed by atoms with E-state index in [2.05, 4.69) is 0 Å². The Kier molecular flexibility index (Phi) is 5.46. The smallest absolute Gasteiger partial charge is 0.192 e. The molecule has 0 radical (unpaired) electrons. The van der Waals surface area contributed by atoms with Gasteiger partial charge in [0, 0.05) is 0 Å². The second-order valence-corrected chi connectivity index (χ2v) is 2.74. The molecule has 0 spiro atoms. The second-order valence-electron chi connectivity index (χ2n) is 2.74. The molecule has 0 atom stereocenters. The topological polar surface area (TPSA) is 23.8 Å². The van der Waals surface area contributed by atoms with Crippen LogP contribution in [0, 0.1) is 11.3 Å². The summed E-state index contributed by atoms with van der Waals surface area (Å²) in [5.41, 5.74) is -1.23. The van der Waals surface area contributed by atoms with E-state index in [1.165, 1.54) is 18.2 Å². The molecule has 0 aromatic carbocycles. The molecule has 0 aliphatic carbocycles. The predicted octanol–water partition coefficient (Wildman–Crippen LogP) is 3.91. The summed E-state index contributed by atoms with van der Waals surface area (Å²) in [6, 6.07) is 1.56. The van der Waals surface area contributed by atoms with Crippen molar-refractivity contribution >= 4 is 0 Å². The Bertz CT molecular complexity index is 327. The number of rotatable bonds is 3. The van der Waals surface area contributed by atoms with Crippen molar-refractivity contribution in [1.82, 2.24) is 0 Å². The van der Waals surface area contributed by atoms with E-state index in [0.29, 0.717) is 6.42 Å². The van der Waals surface area contributed by atoms with Gasteiger partial charge in [-0.2, -0.15) is 18.4 Å². The molecule has 0 aromatic rings. The molecule has 0 aliphatic heterocycles. The van der Waals surface area contributed by atoms with Crippen molar-refractivity contribution in [3.8, 4) is 6.07 Å². The lowest BCUT2D eigenvalue weighted by Crippen LogP contribution is -2.13. The maximum Gasteiger partial charge on any atom is 0.417 e. The third kappa shape index (κ3) is 4.50. The van der Waals surface area contributed by atoms with Crippen molar-refractivity contribution in [3.05, 3.63) is 35.5 Å². The van der Waals surface area contributed by atoms with Gasteiger partial charge >= 0.3 is 6.18 Å². The predicted molar refractivity (Wildman–Crippen MR) is 52.9 cm³/mol. The second kappa shape index (κ2) is 6.07. The molecule has 15 heavy (non-hydrogen) atoms. The Morgan fingerprint density at radius 1 is 1.40 bits per heavy atom. The Morgan fingerprint density at radius 2 is 2.00 bits per heavy atom. The Labute approximate surface area is 87.2 Å². The molecule has 0 amide bonds. The van der Waals surface area contributed by atoms with Crippen molar-refractivity contribution in [2.75, 3.05) is 0 Å². The van der Waals surface area contributed by atoms with Gasteiger partial charge < -0.3 is 0 Å². The highest BCUT2D eigenvalue weighted by molar-refractivity contribution is 5.46. The quantitative estimate of drug-likeness (QED) is 0.517. The summed E-state index contributed by atoms with van der Waals surface area (Å²) in [7, 11) is 0. The average Bonchev–Trinajstić information content (AvgIpc) is 2.14. The highest BCUT2D eigenvalue weighted by Crippen LogP contribution is 2.31. The fourth-order valence-corrected chi connectivity index (χ4v) is 0.949. The third-order valence-electron chi connectivity index (χ3n) is 1.58. The van der Waals surface area contributed by atoms with E-state index in [9.17, 15) is 13.2 Å². The van der Waals surface area contributed by atoms with Crippen LogP contribution in [0.5, 0.6) is 0 Å². The lowest BCUT2D eigenvalue weighted by molar-refractivity contribution is -0.0889. The standard InChI is InChI=1S/C11H12F3N/c1-3-5-7-10(11(12,13)14)9(8-15)6-4-2/h3,5-7H,4H2,1-2H3/b5-3-,9-6-,10-7+. The number of halogens is 3. The Morgan fingerprint density at radius 3 is 2.33 bits per heavy atom. The fraction of sp³-hybridized carbons (Fsp3) is 0.364. The van der Waals surface area contributed by atoms with Gasteiger partial charge in [-0.15, -0.1) is 0 Å². The van der Waals surface area contributed by atoms with Crippen LogP contribution in [-0.2, 0) is 0 Å². The van der Waals surface area contributed by atoms with Gasteiger partial charge in [0.1, 0.15) is 0 Å². The van der Waals surface area contributed by atoms with Crippen molar-refractivity contribution in [2.24, 2.45) is 0 Å². The number of nitrogens with zero attached hydrogens (tertiary/aromatic N) is 1. The van der Waals surface area contributed by atoms with Crippen LogP contribution in [-0.4, -0.2) is 6.18 Å². The maximum absolute atomic E-state index is 12.5. The first-order valence-electron chi connectivity index (χ1n) is 4.48. The molecule has 1 nitrogen and oxygen atoms in total. The first kappa shape index (κ1) is 13.5. The maximum atomic E-state index is 12.5. The monoisotopic (exact) mass is 215 g/mol. The van der Waals surface area contributed by atoms with Gasteiger partial charge in [-0.1, -0.05) is 25.2 Å². The first-order valence-corrected chi connectivity index (χ1v) is 4.48. The van der Waals surface area contributed by atoms with Gasteiger partial charge in [-0.05, 0) is 19.4 Å². The van der Waals surface area contributed by atoms with E-state index < -0.39 is 11.7 Å². The van der Waals surface area contributed by atoms with Crippen LogP contribution in [0.3, 0.4) is 0 Å². The van der Waals surface area contributed by atoms with Crippen LogP contribution in [0.25, 0.3) is 0 Å². The molecule has 4 heteroatoms. The molecular weight excluding hydrogens is 203 g/mol. The van der Waals surface area contributed by atoms with Crippen LogP contribution < -0.4 is 0 Å². The molecule has 82 valence electrons. The van der Waals surface area contributed by atoms with E-state index >= 15 is 0 Å². The highest BCUT2D eigenvalue weighted by Gasteiger charge is 2.35. The zero-order valence-corrected chi connectivity index (χ0v) is 8.60. The van der Waals surface area contributed by atoms with Gasteiger partial charge in [-0.25, -0.2) is 0 Å². The minimum absolute atomic E-state index is 0.330. The molecule has 0 aromatic heterocycles. The number of nitriles is 1. The molecule has 0 fully saturated rings. The SMILES string of the molecule is C\C=C/C=C(\C(C#N)=C/CC)C(F)(F)F. The Balaban J connectivity index is 5.31. The van der Waals surface area contributed by atoms with Crippen molar-refractivity contribution in [1.29, 1.82) is 5.26 Å². The number of allylic oxidation sites excluding steroid dienone is 6. The highest BCUT2D eigenvalue weighted by atomic mass is 19.4. The van der Waals surface area contributed by atoms with Crippen LogP contribution in [0.4, 0.5) is 13.2 Å². The minimum Gasteiger partial charge on any atom is -0.192 e. The van der Waals surface area contributed by atoms with E-state index in [1.807, 2.05) is 0 Å². The molecule has 0 aliphatic rings. The summed E-state index contributed by atoms with van der Waals surface area (Å²) >= 11 is 0. The van der Waals surface area contributed by atoms with Crippen LogP contribution >= 0.6 is 0 Å². The molecule has 0 heterocycles. The lowest BCUT2D eigenvalue weighted by atomic mass is 10.1. The first-order chi connectivity index (χ1) is 6.97. The molecule has 0 rings (SSSR count). The van der Waals surface area contributed by atoms with Crippen LogP contribution in [0.2, 0.25) is 0 Å². The molecular formula is C11H12F3N. The van der Waals surface area contributed by atoms with Crippen LogP contribution in [0.15, 0.2) is 35.5 Å². The van der Waals surface area contributed by atoms with Crippen LogP contribution in [0.1, 0.15) is 20.3 Å². The molecule has 0 saturated heterocycles. The average molecular weight is 215 g/mol. The Hall–Kier alpha value is -1.50. The zero-order valence-electron chi connectivity index (χ0n) is 8.60. The van der Waals surface area contributed by atoms with Gasteiger partial charge in [0.25, 0.3) is 0 Å². The van der Waals surface area contributed by atoms with Gasteiger partial charge in [0.05, 0.1) is 17.2 Å². The van der Waals surface area contributed by atoms with E-state index in [4.69, 9.17) is 5.26 Å². The molecule has 0 unspecified atom stereocenters. The van der Waals surface area contributed by atoms with Gasteiger partial charge in [-0.3, -0.25) is 0 Å². The minimum atomic E-state index is -4.49. The summed E-state index contributed by atoms with van der Waals surface area (Å²) in [6.07, 6.45) is 0.826. The summed E-state index contributed by atoms with van der Waals surface area (Å²) < 4.78 is 37.5. The third-order valence-corrected chi connectivity index (χ3v) is 1.58. The van der Waals surface area contributed by atoms with E-state index in [0.717, 1.165) is 6.08 Å². The number of alkyl halides is 3. The van der Waals surface area contributed by atoms with Crippen molar-refractivity contribution in [2.45, 2.75) is 26.4 Å². The zero-order chi connectivity index (χ0) is 11.9. The van der Waals surface area contributed by atoms with Gasteiger partial charge in [0.2, 0.25) is 0 Å². The van der Waals surface area contributed by atoms with E-state index in [-0.39, 0.29) is 5.57 Å². The van der Waals surface area contributed by atoms with E-state index in [1.54, 1.807) is 19.9 Å². The summed E-state index contributed by atoms with van der Waals surface area (Å²) in [5.74, 6) is 0. The number of hydrogen-bond donors (Lipinski definition) is 0. The largest absolute Gasteiger partial charge is 0.417 e. The molecule has 0 bridgehead atoms. The molecule has 0 N–H and O–H groups in total. The fourth-order valence-electron chi connectivity index (χ4n) is 0.949. The molecule has 0 saturated carbocycles. The summed E-state index contributed by atoms with van der Waals surface area (Å²) in [4.78, 5) is 0.